The predicted molar refractivity (Wildman–Crippen MR) is 79.6 cm³/mol. The third-order valence-electron chi connectivity index (χ3n) is 3.19. The summed E-state index contributed by atoms with van der Waals surface area (Å²) in [5, 5.41) is 4.39. The van der Waals surface area contributed by atoms with Gasteiger partial charge in [-0.2, -0.15) is 5.10 Å². The maximum atomic E-state index is 5.37. The van der Waals surface area contributed by atoms with Crippen LogP contribution in [0.25, 0.3) is 0 Å². The largest absolute Gasteiger partial charge is 0.454 e. The van der Waals surface area contributed by atoms with Crippen molar-refractivity contribution in [1.82, 2.24) is 0 Å². The number of hydrogen-bond acceptors (Lipinski definition) is 4. The molecule has 1 heterocycles. The van der Waals surface area contributed by atoms with E-state index < -0.39 is 0 Å². The van der Waals surface area contributed by atoms with Gasteiger partial charge in [-0.05, 0) is 44.2 Å². The van der Waals surface area contributed by atoms with Crippen LogP contribution >= 0.6 is 0 Å². The standard InChI is InChI=1S/C16H16N2O2/c1-11-3-6-14(7-4-11)18-17-12(2)13-5-8-15-16(9-13)20-10-19-15/h3-9,18H,10H2,1-2H3/b17-12-. The topological polar surface area (TPSA) is 42.9 Å². The first-order chi connectivity index (χ1) is 9.72. The maximum absolute atomic E-state index is 5.37. The highest BCUT2D eigenvalue weighted by atomic mass is 16.7. The Bertz CT molecular complexity index is 648. The summed E-state index contributed by atoms with van der Waals surface area (Å²) in [6, 6.07) is 13.9. The van der Waals surface area contributed by atoms with Crippen LogP contribution in [0.15, 0.2) is 47.6 Å². The van der Waals surface area contributed by atoms with Gasteiger partial charge in [-0.3, -0.25) is 5.43 Å². The normalized spacial score (nSPS) is 13.4. The SMILES string of the molecule is C/C(=N/Nc1ccc(C)cc1)c1ccc2c(c1)OCO2. The molecule has 2 aromatic rings. The van der Waals surface area contributed by atoms with Crippen molar-refractivity contribution in [2.24, 2.45) is 5.10 Å². The van der Waals surface area contributed by atoms with Crippen molar-refractivity contribution in [1.29, 1.82) is 0 Å². The molecule has 1 aliphatic heterocycles. The fraction of sp³-hybridized carbons (Fsp3) is 0.188. The van der Waals surface area contributed by atoms with Crippen LogP contribution in [-0.2, 0) is 0 Å². The van der Waals surface area contributed by atoms with E-state index in [1.165, 1.54) is 5.56 Å². The molecule has 4 heteroatoms. The molecular weight excluding hydrogens is 252 g/mol. The van der Waals surface area contributed by atoms with E-state index in [0.717, 1.165) is 28.5 Å². The lowest BCUT2D eigenvalue weighted by Crippen LogP contribution is -1.99. The highest BCUT2D eigenvalue weighted by molar-refractivity contribution is 5.99. The fourth-order valence-electron chi connectivity index (χ4n) is 1.96. The Kier molecular flexibility index (Phi) is 3.29. The average Bonchev–Trinajstić information content (AvgIpc) is 2.93. The van der Waals surface area contributed by atoms with Gasteiger partial charge in [0.25, 0.3) is 0 Å². The fourth-order valence-corrected chi connectivity index (χ4v) is 1.96. The molecule has 0 atom stereocenters. The number of hydrazone groups is 1. The molecule has 1 N–H and O–H groups in total. The number of nitrogens with zero attached hydrogens (tertiary/aromatic N) is 1. The molecule has 0 radical (unpaired) electrons. The van der Waals surface area contributed by atoms with E-state index in [-0.39, 0.29) is 6.79 Å². The van der Waals surface area contributed by atoms with Crippen molar-refractivity contribution in [3.05, 3.63) is 53.6 Å². The Hall–Kier alpha value is -2.49. The van der Waals surface area contributed by atoms with E-state index in [1.54, 1.807) is 0 Å². The van der Waals surface area contributed by atoms with E-state index in [2.05, 4.69) is 17.5 Å². The Morgan fingerprint density at radius 3 is 2.60 bits per heavy atom. The molecule has 0 aromatic heterocycles. The lowest BCUT2D eigenvalue weighted by molar-refractivity contribution is 0.174. The van der Waals surface area contributed by atoms with Gasteiger partial charge in [0, 0.05) is 5.56 Å². The van der Waals surface area contributed by atoms with Gasteiger partial charge in [0.1, 0.15) is 0 Å². The van der Waals surface area contributed by atoms with E-state index in [4.69, 9.17) is 9.47 Å². The zero-order valence-electron chi connectivity index (χ0n) is 11.5. The van der Waals surface area contributed by atoms with Crippen LogP contribution in [0.3, 0.4) is 0 Å². The van der Waals surface area contributed by atoms with Crippen molar-refractivity contribution in [3.8, 4) is 11.5 Å². The number of fused-ring (bicyclic) bond motifs is 1. The molecule has 0 fully saturated rings. The highest BCUT2D eigenvalue weighted by Crippen LogP contribution is 2.32. The predicted octanol–water partition coefficient (Wildman–Crippen LogP) is 3.56. The maximum Gasteiger partial charge on any atom is 0.231 e. The van der Waals surface area contributed by atoms with Crippen LogP contribution < -0.4 is 14.9 Å². The van der Waals surface area contributed by atoms with Crippen molar-refractivity contribution in [2.45, 2.75) is 13.8 Å². The van der Waals surface area contributed by atoms with Gasteiger partial charge in [0.2, 0.25) is 6.79 Å². The highest BCUT2D eigenvalue weighted by Gasteiger charge is 2.13. The van der Waals surface area contributed by atoms with Crippen LogP contribution in [0.2, 0.25) is 0 Å². The Labute approximate surface area is 118 Å². The summed E-state index contributed by atoms with van der Waals surface area (Å²) in [5.41, 5.74) is 7.15. The van der Waals surface area contributed by atoms with E-state index in [9.17, 15) is 0 Å². The van der Waals surface area contributed by atoms with E-state index in [0.29, 0.717) is 0 Å². The quantitative estimate of drug-likeness (QED) is 0.683. The van der Waals surface area contributed by atoms with Crippen LogP contribution in [0, 0.1) is 6.92 Å². The molecule has 20 heavy (non-hydrogen) atoms. The third-order valence-corrected chi connectivity index (χ3v) is 3.19. The number of nitrogens with one attached hydrogen (secondary N) is 1. The van der Waals surface area contributed by atoms with Crippen molar-refractivity contribution < 1.29 is 9.47 Å². The molecule has 4 nitrogen and oxygen atoms in total. The van der Waals surface area contributed by atoms with Crippen molar-refractivity contribution in [3.63, 3.8) is 0 Å². The number of benzene rings is 2. The molecular formula is C16H16N2O2. The zero-order valence-corrected chi connectivity index (χ0v) is 11.5. The second-order valence-corrected chi connectivity index (χ2v) is 4.74. The number of ether oxygens (including phenoxy) is 2. The number of aryl methyl sites for hydroxylation is 1. The number of rotatable bonds is 3. The lowest BCUT2D eigenvalue weighted by Gasteiger charge is -2.05. The zero-order chi connectivity index (χ0) is 13.9. The summed E-state index contributed by atoms with van der Waals surface area (Å²) in [6.07, 6.45) is 0. The Morgan fingerprint density at radius 2 is 1.80 bits per heavy atom. The summed E-state index contributed by atoms with van der Waals surface area (Å²) in [4.78, 5) is 0. The van der Waals surface area contributed by atoms with E-state index >= 15 is 0 Å². The third kappa shape index (κ3) is 2.59. The second-order valence-electron chi connectivity index (χ2n) is 4.74. The lowest BCUT2D eigenvalue weighted by atomic mass is 10.1. The first kappa shape index (κ1) is 12.5. The summed E-state index contributed by atoms with van der Waals surface area (Å²) in [6.45, 7) is 4.31. The van der Waals surface area contributed by atoms with Crippen LogP contribution in [0.5, 0.6) is 11.5 Å². The first-order valence-corrected chi connectivity index (χ1v) is 6.49. The monoisotopic (exact) mass is 268 g/mol. The molecule has 2 aromatic carbocycles. The van der Waals surface area contributed by atoms with E-state index in [1.807, 2.05) is 49.4 Å². The van der Waals surface area contributed by atoms with Gasteiger partial charge in [-0.1, -0.05) is 17.7 Å². The molecule has 3 rings (SSSR count). The molecule has 0 saturated heterocycles. The molecule has 102 valence electrons. The summed E-state index contributed by atoms with van der Waals surface area (Å²) >= 11 is 0. The smallest absolute Gasteiger partial charge is 0.231 e. The Morgan fingerprint density at radius 1 is 1.05 bits per heavy atom. The van der Waals surface area contributed by atoms with Crippen LogP contribution in [0.4, 0.5) is 5.69 Å². The van der Waals surface area contributed by atoms with Gasteiger partial charge >= 0.3 is 0 Å². The van der Waals surface area contributed by atoms with Gasteiger partial charge in [-0.15, -0.1) is 0 Å². The number of hydrogen-bond donors (Lipinski definition) is 1. The summed E-state index contributed by atoms with van der Waals surface area (Å²) in [5.74, 6) is 1.56. The minimum absolute atomic E-state index is 0.288. The van der Waals surface area contributed by atoms with Crippen molar-refractivity contribution >= 4 is 11.4 Å². The van der Waals surface area contributed by atoms with Gasteiger partial charge in [0.15, 0.2) is 11.5 Å². The average molecular weight is 268 g/mol. The first-order valence-electron chi connectivity index (χ1n) is 6.49. The molecule has 0 saturated carbocycles. The Balaban J connectivity index is 1.76. The molecule has 0 bridgehead atoms. The van der Waals surface area contributed by atoms with Crippen LogP contribution in [-0.4, -0.2) is 12.5 Å². The number of anilines is 1. The van der Waals surface area contributed by atoms with Gasteiger partial charge in [0.05, 0.1) is 11.4 Å². The summed E-state index contributed by atoms with van der Waals surface area (Å²) in [7, 11) is 0. The van der Waals surface area contributed by atoms with Gasteiger partial charge in [-0.25, -0.2) is 0 Å². The molecule has 0 spiro atoms. The molecule has 0 aliphatic carbocycles. The van der Waals surface area contributed by atoms with Crippen molar-refractivity contribution in [2.75, 3.05) is 12.2 Å². The minimum Gasteiger partial charge on any atom is -0.454 e. The second kappa shape index (κ2) is 5.25. The molecule has 1 aliphatic rings. The van der Waals surface area contributed by atoms with Gasteiger partial charge < -0.3 is 9.47 Å². The minimum atomic E-state index is 0.288. The molecule has 0 unspecified atom stereocenters. The summed E-state index contributed by atoms with van der Waals surface area (Å²) < 4.78 is 10.7. The van der Waals surface area contributed by atoms with Crippen LogP contribution in [0.1, 0.15) is 18.1 Å². The molecule has 0 amide bonds.